The van der Waals surface area contributed by atoms with Crippen molar-refractivity contribution in [3.63, 3.8) is 0 Å². The number of rotatable bonds is 6. The van der Waals surface area contributed by atoms with E-state index in [0.29, 0.717) is 18.2 Å². The van der Waals surface area contributed by atoms with Crippen molar-refractivity contribution in [1.82, 2.24) is 24.8 Å². The molecule has 0 unspecified atom stereocenters. The summed E-state index contributed by atoms with van der Waals surface area (Å²) in [6.07, 6.45) is 9.15. The first-order chi connectivity index (χ1) is 9.68. The molecule has 6 nitrogen and oxygen atoms in total. The fourth-order valence-electron chi connectivity index (χ4n) is 1.97. The number of carbonyl (C=O) groups is 1. The van der Waals surface area contributed by atoms with E-state index in [2.05, 4.69) is 38.7 Å². The molecule has 0 aliphatic carbocycles. The Hall–Kier alpha value is -2.24. The molecule has 20 heavy (non-hydrogen) atoms. The van der Waals surface area contributed by atoms with Crippen LogP contribution in [0.25, 0.3) is 0 Å². The van der Waals surface area contributed by atoms with Gasteiger partial charge < -0.3 is 9.88 Å². The average molecular weight is 273 g/mol. The van der Waals surface area contributed by atoms with Crippen molar-refractivity contribution < 1.29 is 4.79 Å². The molecule has 2 heterocycles. The summed E-state index contributed by atoms with van der Waals surface area (Å²) in [7, 11) is 0. The summed E-state index contributed by atoms with van der Waals surface area (Å²) in [5.74, 6) is 1.29. The van der Waals surface area contributed by atoms with Gasteiger partial charge >= 0.3 is 0 Å². The normalized spacial score (nSPS) is 10.8. The Labute approximate surface area is 118 Å². The number of hydrogen-bond donors (Lipinski definition) is 1. The van der Waals surface area contributed by atoms with Gasteiger partial charge in [-0.25, -0.2) is 9.97 Å². The van der Waals surface area contributed by atoms with Crippen LogP contribution in [0.3, 0.4) is 0 Å². The van der Waals surface area contributed by atoms with Gasteiger partial charge in [0.25, 0.3) is 5.91 Å². The number of carbonyl (C=O) groups excluding carboxylic acids is 1. The summed E-state index contributed by atoms with van der Waals surface area (Å²) in [6.45, 7) is 5.68. The molecule has 6 heteroatoms. The maximum absolute atomic E-state index is 11.7. The molecule has 2 aromatic heterocycles. The van der Waals surface area contributed by atoms with E-state index < -0.39 is 0 Å². The largest absolute Gasteiger partial charge is 0.351 e. The molecular weight excluding hydrogens is 254 g/mol. The minimum Gasteiger partial charge on any atom is -0.351 e. The van der Waals surface area contributed by atoms with Crippen LogP contribution >= 0.6 is 0 Å². The second kappa shape index (κ2) is 6.79. The van der Waals surface area contributed by atoms with Crippen molar-refractivity contribution >= 4 is 5.91 Å². The van der Waals surface area contributed by atoms with Crippen molar-refractivity contribution in [3.05, 3.63) is 42.5 Å². The molecule has 0 saturated carbocycles. The quantitative estimate of drug-likeness (QED) is 0.812. The molecule has 0 aliphatic heterocycles. The first-order valence-corrected chi connectivity index (χ1v) is 6.73. The number of nitrogens with zero attached hydrogens (tertiary/aromatic N) is 4. The lowest BCUT2D eigenvalue weighted by atomic mass is 10.2. The Morgan fingerprint density at radius 2 is 2.15 bits per heavy atom. The molecule has 0 aromatic carbocycles. The zero-order valence-corrected chi connectivity index (χ0v) is 11.8. The predicted octanol–water partition coefficient (Wildman–Crippen LogP) is 1.62. The van der Waals surface area contributed by atoms with Crippen LogP contribution in [0.1, 0.15) is 42.5 Å². The molecule has 0 bridgehead atoms. The van der Waals surface area contributed by atoms with Gasteiger partial charge in [-0.3, -0.25) is 9.78 Å². The van der Waals surface area contributed by atoms with Crippen LogP contribution in [0.15, 0.2) is 31.0 Å². The number of aryl methyl sites for hydroxylation is 1. The van der Waals surface area contributed by atoms with Crippen LogP contribution in [0.5, 0.6) is 0 Å². The summed E-state index contributed by atoms with van der Waals surface area (Å²) < 4.78 is 2.12. The highest BCUT2D eigenvalue weighted by molar-refractivity contribution is 5.91. The van der Waals surface area contributed by atoms with Gasteiger partial charge in [-0.05, 0) is 6.42 Å². The molecule has 1 N–H and O–H groups in total. The van der Waals surface area contributed by atoms with Gasteiger partial charge in [0.05, 0.1) is 6.20 Å². The van der Waals surface area contributed by atoms with Crippen molar-refractivity contribution in [2.45, 2.75) is 32.7 Å². The van der Waals surface area contributed by atoms with Crippen LogP contribution in [-0.4, -0.2) is 32.0 Å². The third-order valence-corrected chi connectivity index (χ3v) is 2.92. The van der Waals surface area contributed by atoms with Crippen LogP contribution in [-0.2, 0) is 6.54 Å². The van der Waals surface area contributed by atoms with E-state index in [1.807, 2.05) is 12.4 Å². The van der Waals surface area contributed by atoms with Gasteiger partial charge in [-0.2, -0.15) is 0 Å². The van der Waals surface area contributed by atoms with Crippen molar-refractivity contribution in [2.75, 3.05) is 6.54 Å². The number of amides is 1. The average Bonchev–Trinajstić information content (AvgIpc) is 2.93. The van der Waals surface area contributed by atoms with E-state index in [-0.39, 0.29) is 5.91 Å². The van der Waals surface area contributed by atoms with Gasteiger partial charge in [0.1, 0.15) is 11.5 Å². The van der Waals surface area contributed by atoms with Crippen molar-refractivity contribution in [1.29, 1.82) is 0 Å². The number of aromatic nitrogens is 4. The summed E-state index contributed by atoms with van der Waals surface area (Å²) in [5, 5.41) is 2.83. The SMILES string of the molecule is CC(C)c1nccn1CCCNC(=O)c1cnccn1. The molecule has 0 fully saturated rings. The van der Waals surface area contributed by atoms with E-state index in [1.54, 1.807) is 6.20 Å². The van der Waals surface area contributed by atoms with Gasteiger partial charge in [0.2, 0.25) is 0 Å². The summed E-state index contributed by atoms with van der Waals surface area (Å²) >= 11 is 0. The number of hydrogen-bond acceptors (Lipinski definition) is 4. The molecule has 0 spiro atoms. The topological polar surface area (TPSA) is 72.7 Å². The van der Waals surface area contributed by atoms with E-state index in [0.717, 1.165) is 18.8 Å². The van der Waals surface area contributed by atoms with E-state index in [1.165, 1.54) is 12.4 Å². The van der Waals surface area contributed by atoms with E-state index in [4.69, 9.17) is 0 Å². The van der Waals surface area contributed by atoms with E-state index >= 15 is 0 Å². The number of nitrogens with one attached hydrogen (secondary N) is 1. The lowest BCUT2D eigenvalue weighted by Gasteiger charge is -2.10. The van der Waals surface area contributed by atoms with E-state index in [9.17, 15) is 4.79 Å². The molecular formula is C14H19N5O. The zero-order valence-electron chi connectivity index (χ0n) is 11.8. The fraction of sp³-hybridized carbons (Fsp3) is 0.429. The van der Waals surface area contributed by atoms with Crippen LogP contribution < -0.4 is 5.32 Å². The first kappa shape index (κ1) is 14.2. The molecule has 2 rings (SSSR count). The Kier molecular flexibility index (Phi) is 4.81. The molecule has 2 aromatic rings. The Morgan fingerprint density at radius 1 is 1.30 bits per heavy atom. The summed E-state index contributed by atoms with van der Waals surface area (Å²) in [5.41, 5.74) is 0.345. The molecule has 0 radical (unpaired) electrons. The molecule has 0 atom stereocenters. The monoisotopic (exact) mass is 273 g/mol. The van der Waals surface area contributed by atoms with Crippen LogP contribution in [0, 0.1) is 0 Å². The summed E-state index contributed by atoms with van der Waals surface area (Å²) in [6, 6.07) is 0. The smallest absolute Gasteiger partial charge is 0.271 e. The second-order valence-corrected chi connectivity index (χ2v) is 4.83. The predicted molar refractivity (Wildman–Crippen MR) is 75.3 cm³/mol. The molecule has 0 saturated heterocycles. The maximum Gasteiger partial charge on any atom is 0.271 e. The molecule has 0 aliphatic rings. The number of imidazole rings is 1. The zero-order chi connectivity index (χ0) is 14.4. The molecule has 1 amide bonds. The van der Waals surface area contributed by atoms with Gasteiger partial charge in [-0.1, -0.05) is 13.8 Å². The van der Waals surface area contributed by atoms with Gasteiger partial charge in [0.15, 0.2) is 0 Å². The van der Waals surface area contributed by atoms with Crippen molar-refractivity contribution in [2.24, 2.45) is 0 Å². The second-order valence-electron chi connectivity index (χ2n) is 4.83. The first-order valence-electron chi connectivity index (χ1n) is 6.73. The minimum absolute atomic E-state index is 0.187. The van der Waals surface area contributed by atoms with Gasteiger partial charge in [-0.15, -0.1) is 0 Å². The van der Waals surface area contributed by atoms with Gasteiger partial charge in [0, 0.05) is 43.8 Å². The fourth-order valence-corrected chi connectivity index (χ4v) is 1.97. The Balaban J connectivity index is 1.77. The lowest BCUT2D eigenvalue weighted by molar-refractivity contribution is 0.0947. The Morgan fingerprint density at radius 3 is 2.85 bits per heavy atom. The minimum atomic E-state index is -0.187. The maximum atomic E-state index is 11.7. The summed E-state index contributed by atoms with van der Waals surface area (Å²) in [4.78, 5) is 23.9. The third kappa shape index (κ3) is 3.63. The highest BCUT2D eigenvalue weighted by atomic mass is 16.1. The highest BCUT2D eigenvalue weighted by Gasteiger charge is 2.08. The Bertz CT molecular complexity index is 550. The standard InChI is InChI=1S/C14H19N5O/c1-11(2)13-17-7-9-19(13)8-3-4-18-14(20)12-10-15-5-6-16-12/h5-7,9-11H,3-4,8H2,1-2H3,(H,18,20). The van der Waals surface area contributed by atoms with Crippen molar-refractivity contribution in [3.8, 4) is 0 Å². The van der Waals surface area contributed by atoms with Crippen LogP contribution in [0.2, 0.25) is 0 Å². The third-order valence-electron chi connectivity index (χ3n) is 2.92. The molecule has 106 valence electrons. The van der Waals surface area contributed by atoms with Crippen LogP contribution in [0.4, 0.5) is 0 Å². The highest BCUT2D eigenvalue weighted by Crippen LogP contribution is 2.11. The lowest BCUT2D eigenvalue weighted by Crippen LogP contribution is -2.26.